The van der Waals surface area contributed by atoms with E-state index in [4.69, 9.17) is 0 Å². The van der Waals surface area contributed by atoms with Gasteiger partial charge in [0.25, 0.3) is 5.91 Å². The lowest BCUT2D eigenvalue weighted by Gasteiger charge is -2.15. The van der Waals surface area contributed by atoms with Gasteiger partial charge in [0.2, 0.25) is 0 Å². The summed E-state index contributed by atoms with van der Waals surface area (Å²) in [6, 6.07) is 7.07. The van der Waals surface area contributed by atoms with Crippen LogP contribution in [0.3, 0.4) is 0 Å². The van der Waals surface area contributed by atoms with Crippen LogP contribution in [-0.2, 0) is 0 Å². The molecule has 0 aliphatic carbocycles. The molecule has 6 heteroatoms. The number of carbonyl (C=O) groups excluding carboxylic acids is 1. The molecule has 1 aromatic heterocycles. The van der Waals surface area contributed by atoms with Crippen LogP contribution in [0, 0.1) is 5.92 Å². The smallest absolute Gasteiger partial charge is 0.251 e. The molecule has 2 rings (SSSR count). The molecular formula is C14H18N4O2. The number of nitrogens with one attached hydrogen (secondary N) is 1. The molecule has 1 amide bonds. The lowest BCUT2D eigenvalue weighted by atomic mass is 10.1. The van der Waals surface area contributed by atoms with Crippen LogP contribution in [0.2, 0.25) is 0 Å². The minimum Gasteiger partial charge on any atom is -0.391 e. The first-order valence-electron chi connectivity index (χ1n) is 6.49. The second-order valence-electron chi connectivity index (χ2n) is 4.91. The highest BCUT2D eigenvalue weighted by atomic mass is 16.3. The van der Waals surface area contributed by atoms with Gasteiger partial charge in [-0.1, -0.05) is 19.9 Å². The summed E-state index contributed by atoms with van der Waals surface area (Å²) in [4.78, 5) is 15.9. The van der Waals surface area contributed by atoms with Gasteiger partial charge in [0.05, 0.1) is 11.8 Å². The molecule has 0 radical (unpaired) electrons. The summed E-state index contributed by atoms with van der Waals surface area (Å²) in [5, 5.41) is 16.4. The number of amides is 1. The molecule has 6 nitrogen and oxygen atoms in total. The molecule has 0 fully saturated rings. The molecule has 0 spiro atoms. The van der Waals surface area contributed by atoms with E-state index in [9.17, 15) is 9.90 Å². The maximum Gasteiger partial charge on any atom is 0.251 e. The molecule has 1 aromatic carbocycles. The third-order valence-electron chi connectivity index (χ3n) is 3.03. The molecule has 0 aliphatic rings. The number of hydrogen-bond donors (Lipinski definition) is 2. The Hall–Kier alpha value is -2.21. The average molecular weight is 274 g/mol. The molecule has 0 aliphatic heterocycles. The number of rotatable bonds is 5. The van der Waals surface area contributed by atoms with E-state index >= 15 is 0 Å². The van der Waals surface area contributed by atoms with Gasteiger partial charge >= 0.3 is 0 Å². The highest BCUT2D eigenvalue weighted by Crippen LogP contribution is 2.09. The van der Waals surface area contributed by atoms with Crippen molar-refractivity contribution >= 4 is 5.91 Å². The molecule has 1 heterocycles. The lowest BCUT2D eigenvalue weighted by Crippen LogP contribution is -2.34. The lowest BCUT2D eigenvalue weighted by molar-refractivity contribution is 0.0871. The van der Waals surface area contributed by atoms with Crippen molar-refractivity contribution in [3.63, 3.8) is 0 Å². The van der Waals surface area contributed by atoms with Crippen molar-refractivity contribution in [2.24, 2.45) is 5.92 Å². The van der Waals surface area contributed by atoms with Crippen LogP contribution in [0.4, 0.5) is 0 Å². The number of nitrogens with zero attached hydrogens (tertiary/aromatic N) is 3. The van der Waals surface area contributed by atoms with Crippen molar-refractivity contribution in [2.45, 2.75) is 20.0 Å². The van der Waals surface area contributed by atoms with Gasteiger partial charge in [-0.3, -0.25) is 4.79 Å². The minimum absolute atomic E-state index is 0.108. The number of hydrogen-bond acceptors (Lipinski definition) is 4. The highest BCUT2D eigenvalue weighted by molar-refractivity contribution is 5.94. The van der Waals surface area contributed by atoms with Gasteiger partial charge in [0.15, 0.2) is 0 Å². The topological polar surface area (TPSA) is 80.0 Å². The van der Waals surface area contributed by atoms with Crippen molar-refractivity contribution in [2.75, 3.05) is 6.54 Å². The molecule has 0 saturated carbocycles. The zero-order valence-corrected chi connectivity index (χ0v) is 11.5. The average Bonchev–Trinajstić information content (AvgIpc) is 2.98. The van der Waals surface area contributed by atoms with Crippen LogP contribution >= 0.6 is 0 Å². The first-order chi connectivity index (χ1) is 9.58. The Balaban J connectivity index is 2.05. The standard InChI is InChI=1S/C14H18N4O2/c1-10(2)13(19)7-16-14(20)11-4-3-5-12(6-11)18-9-15-8-17-18/h3-6,8-10,13,19H,7H2,1-2H3,(H,16,20). The van der Waals surface area contributed by atoms with Gasteiger partial charge in [0, 0.05) is 12.1 Å². The van der Waals surface area contributed by atoms with Crippen molar-refractivity contribution < 1.29 is 9.90 Å². The second kappa shape index (κ2) is 6.29. The fraction of sp³-hybridized carbons (Fsp3) is 0.357. The predicted octanol–water partition coefficient (Wildman–Crippen LogP) is 1.01. The van der Waals surface area contributed by atoms with Gasteiger partial charge in [-0.25, -0.2) is 9.67 Å². The second-order valence-corrected chi connectivity index (χ2v) is 4.91. The van der Waals surface area contributed by atoms with E-state index in [1.54, 1.807) is 29.2 Å². The molecule has 0 bridgehead atoms. The largest absolute Gasteiger partial charge is 0.391 e. The minimum atomic E-state index is -0.544. The Morgan fingerprint density at radius 1 is 1.45 bits per heavy atom. The van der Waals surface area contributed by atoms with Gasteiger partial charge in [-0.15, -0.1) is 0 Å². The molecule has 1 unspecified atom stereocenters. The molecular weight excluding hydrogens is 256 g/mol. The highest BCUT2D eigenvalue weighted by Gasteiger charge is 2.12. The Morgan fingerprint density at radius 3 is 2.90 bits per heavy atom. The Kier molecular flexibility index (Phi) is 4.47. The summed E-state index contributed by atoms with van der Waals surface area (Å²) in [5.41, 5.74) is 1.29. The van der Waals surface area contributed by atoms with Crippen LogP contribution in [0.1, 0.15) is 24.2 Å². The molecule has 2 aromatic rings. The predicted molar refractivity (Wildman–Crippen MR) is 74.5 cm³/mol. The van der Waals surface area contributed by atoms with E-state index in [-0.39, 0.29) is 18.4 Å². The number of benzene rings is 1. The van der Waals surface area contributed by atoms with Gasteiger partial charge in [-0.05, 0) is 24.1 Å². The van der Waals surface area contributed by atoms with Crippen LogP contribution < -0.4 is 5.32 Å². The summed E-state index contributed by atoms with van der Waals surface area (Å²) in [5.74, 6) is -0.108. The van der Waals surface area contributed by atoms with E-state index < -0.39 is 6.10 Å². The monoisotopic (exact) mass is 274 g/mol. The zero-order chi connectivity index (χ0) is 14.5. The molecule has 2 N–H and O–H groups in total. The third-order valence-corrected chi connectivity index (χ3v) is 3.03. The van der Waals surface area contributed by atoms with Gasteiger partial charge in [0.1, 0.15) is 12.7 Å². The fourth-order valence-corrected chi connectivity index (χ4v) is 1.67. The summed E-state index contributed by atoms with van der Waals surface area (Å²) in [6.07, 6.45) is 2.46. The van der Waals surface area contributed by atoms with E-state index in [1.807, 2.05) is 19.9 Å². The molecule has 1 atom stereocenters. The van der Waals surface area contributed by atoms with Crippen LogP contribution in [0.5, 0.6) is 0 Å². The number of aliphatic hydroxyl groups is 1. The van der Waals surface area contributed by atoms with Crippen LogP contribution in [-0.4, -0.2) is 38.4 Å². The van der Waals surface area contributed by atoms with Crippen molar-refractivity contribution in [1.82, 2.24) is 20.1 Å². The normalized spacial score (nSPS) is 12.4. The maximum atomic E-state index is 12.0. The maximum absolute atomic E-state index is 12.0. The third kappa shape index (κ3) is 3.42. The number of aromatic nitrogens is 3. The molecule has 0 saturated heterocycles. The first-order valence-corrected chi connectivity index (χ1v) is 6.49. The first kappa shape index (κ1) is 14.2. The number of carbonyl (C=O) groups is 1. The SMILES string of the molecule is CC(C)C(O)CNC(=O)c1cccc(-n2cncn2)c1. The van der Waals surface area contributed by atoms with Gasteiger partial charge < -0.3 is 10.4 Å². The van der Waals surface area contributed by atoms with E-state index in [0.29, 0.717) is 5.56 Å². The fourth-order valence-electron chi connectivity index (χ4n) is 1.67. The van der Waals surface area contributed by atoms with Crippen LogP contribution in [0.15, 0.2) is 36.9 Å². The van der Waals surface area contributed by atoms with Crippen molar-refractivity contribution in [3.8, 4) is 5.69 Å². The zero-order valence-electron chi connectivity index (χ0n) is 11.5. The van der Waals surface area contributed by atoms with E-state index in [0.717, 1.165) is 5.69 Å². The van der Waals surface area contributed by atoms with Crippen LogP contribution in [0.25, 0.3) is 5.69 Å². The Morgan fingerprint density at radius 2 is 2.25 bits per heavy atom. The molecule has 20 heavy (non-hydrogen) atoms. The van der Waals surface area contributed by atoms with E-state index in [1.165, 1.54) is 6.33 Å². The Bertz CT molecular complexity index is 566. The summed E-state index contributed by atoms with van der Waals surface area (Å²) >= 11 is 0. The summed E-state index contributed by atoms with van der Waals surface area (Å²) in [7, 11) is 0. The summed E-state index contributed by atoms with van der Waals surface area (Å²) in [6.45, 7) is 4.05. The number of aliphatic hydroxyl groups excluding tert-OH is 1. The van der Waals surface area contributed by atoms with E-state index in [2.05, 4.69) is 15.4 Å². The molecule has 106 valence electrons. The van der Waals surface area contributed by atoms with Crippen molar-refractivity contribution in [3.05, 3.63) is 42.5 Å². The summed E-state index contributed by atoms with van der Waals surface area (Å²) < 4.78 is 1.58. The quantitative estimate of drug-likeness (QED) is 0.853. The Labute approximate surface area is 117 Å². The van der Waals surface area contributed by atoms with Gasteiger partial charge in [-0.2, -0.15) is 5.10 Å². The van der Waals surface area contributed by atoms with Crippen molar-refractivity contribution in [1.29, 1.82) is 0 Å².